The molecule has 1 atom stereocenters. The highest BCUT2D eigenvalue weighted by Crippen LogP contribution is 2.45. The number of benzene rings is 3. The van der Waals surface area contributed by atoms with E-state index in [-0.39, 0.29) is 27.5 Å². The van der Waals surface area contributed by atoms with Gasteiger partial charge in [-0.1, -0.05) is 26.0 Å². The van der Waals surface area contributed by atoms with Crippen LogP contribution in [0.2, 0.25) is 0 Å². The second-order valence-corrected chi connectivity index (χ2v) is 11.0. The molecule has 2 N–H and O–H groups in total. The van der Waals surface area contributed by atoms with Crippen LogP contribution in [0.3, 0.4) is 0 Å². The normalized spacial score (nSPS) is 17.2. The molecule has 0 aliphatic carbocycles. The molecule has 1 aliphatic rings. The van der Waals surface area contributed by atoms with Crippen molar-refractivity contribution in [2.45, 2.75) is 37.0 Å². The number of anilines is 1. The van der Waals surface area contributed by atoms with E-state index in [0.29, 0.717) is 12.0 Å². The summed E-state index contributed by atoms with van der Waals surface area (Å²) in [5.41, 5.74) is 2.19. The summed E-state index contributed by atoms with van der Waals surface area (Å²) in [6.45, 7) is 4.02. The summed E-state index contributed by atoms with van der Waals surface area (Å²) in [6.07, 6.45) is 0.579. The Kier molecular flexibility index (Phi) is 5.74. The lowest BCUT2D eigenvalue weighted by atomic mass is 9.72. The second-order valence-electron chi connectivity index (χ2n) is 8.99. The van der Waals surface area contributed by atoms with Crippen LogP contribution in [0.4, 0.5) is 14.5 Å². The number of nitrogens with one attached hydrogen (secondary N) is 1. The van der Waals surface area contributed by atoms with Gasteiger partial charge in [0, 0.05) is 11.3 Å². The molecule has 0 saturated carbocycles. The number of hydrogen-bond acceptors (Lipinski definition) is 4. The molecule has 5 nitrogen and oxygen atoms in total. The second kappa shape index (κ2) is 8.26. The van der Waals surface area contributed by atoms with Gasteiger partial charge in [0.05, 0.1) is 22.3 Å². The zero-order valence-electron chi connectivity index (χ0n) is 18.1. The molecule has 1 aliphatic heterocycles. The van der Waals surface area contributed by atoms with Crippen molar-refractivity contribution in [3.63, 3.8) is 0 Å². The van der Waals surface area contributed by atoms with Gasteiger partial charge in [0.15, 0.2) is 9.84 Å². The Morgan fingerprint density at radius 2 is 1.85 bits per heavy atom. The summed E-state index contributed by atoms with van der Waals surface area (Å²) < 4.78 is 53.7. The summed E-state index contributed by atoms with van der Waals surface area (Å²) >= 11 is 0. The van der Waals surface area contributed by atoms with E-state index in [9.17, 15) is 27.1 Å². The third-order valence-corrected chi connectivity index (χ3v) is 7.65. The van der Waals surface area contributed by atoms with E-state index in [1.165, 1.54) is 30.3 Å². The SMILES string of the molecule is CC1(C)Cc2cc(C(=O)O)ccc2NC1c1ccc(F)c(CS(=O)(=O)c2cccc(F)c2)c1. The Bertz CT molecular complexity index is 1350. The molecular weight excluding hydrogens is 448 g/mol. The van der Waals surface area contributed by atoms with E-state index >= 15 is 0 Å². The molecule has 0 fully saturated rings. The van der Waals surface area contributed by atoms with Crippen molar-refractivity contribution in [2.75, 3.05) is 5.32 Å². The van der Waals surface area contributed by atoms with Crippen molar-refractivity contribution in [3.8, 4) is 0 Å². The van der Waals surface area contributed by atoms with Gasteiger partial charge in [0.2, 0.25) is 0 Å². The highest BCUT2D eigenvalue weighted by Gasteiger charge is 2.36. The maximum Gasteiger partial charge on any atom is 0.335 e. The minimum absolute atomic E-state index is 0.00128. The highest BCUT2D eigenvalue weighted by molar-refractivity contribution is 7.90. The van der Waals surface area contributed by atoms with Crippen LogP contribution in [0.5, 0.6) is 0 Å². The van der Waals surface area contributed by atoms with Crippen LogP contribution < -0.4 is 5.32 Å². The van der Waals surface area contributed by atoms with Crippen LogP contribution in [0.1, 0.15) is 46.9 Å². The average Bonchev–Trinajstić information content (AvgIpc) is 2.73. The van der Waals surface area contributed by atoms with Crippen LogP contribution in [0.15, 0.2) is 65.6 Å². The Morgan fingerprint density at radius 3 is 2.55 bits per heavy atom. The molecule has 4 rings (SSSR count). The lowest BCUT2D eigenvalue weighted by Crippen LogP contribution is -2.35. The van der Waals surface area contributed by atoms with Gasteiger partial charge < -0.3 is 10.4 Å². The Morgan fingerprint density at radius 1 is 1.09 bits per heavy atom. The first-order valence-corrected chi connectivity index (χ1v) is 12.0. The van der Waals surface area contributed by atoms with Crippen LogP contribution >= 0.6 is 0 Å². The molecule has 0 bridgehead atoms. The van der Waals surface area contributed by atoms with Gasteiger partial charge in [-0.15, -0.1) is 0 Å². The number of carboxylic acid groups (broad SMARTS) is 1. The third-order valence-electron chi connectivity index (χ3n) is 5.98. The fourth-order valence-corrected chi connectivity index (χ4v) is 5.70. The van der Waals surface area contributed by atoms with Gasteiger partial charge in [-0.2, -0.15) is 0 Å². The summed E-state index contributed by atoms with van der Waals surface area (Å²) in [6, 6.07) is 13.6. The molecule has 0 amide bonds. The number of carboxylic acids is 1. The number of rotatable bonds is 5. The molecule has 3 aromatic rings. The van der Waals surface area contributed by atoms with Crippen molar-refractivity contribution >= 4 is 21.5 Å². The summed E-state index contributed by atoms with van der Waals surface area (Å²) in [7, 11) is -3.95. The molecule has 8 heteroatoms. The Balaban J connectivity index is 1.68. The van der Waals surface area contributed by atoms with Crippen LogP contribution in [0, 0.1) is 17.0 Å². The maximum absolute atomic E-state index is 14.6. The van der Waals surface area contributed by atoms with Gasteiger partial charge >= 0.3 is 5.97 Å². The monoisotopic (exact) mass is 471 g/mol. The van der Waals surface area contributed by atoms with Crippen molar-refractivity contribution < 1.29 is 27.1 Å². The predicted molar refractivity (Wildman–Crippen MR) is 121 cm³/mol. The van der Waals surface area contributed by atoms with E-state index in [0.717, 1.165) is 23.4 Å². The smallest absolute Gasteiger partial charge is 0.335 e. The number of hydrogen-bond donors (Lipinski definition) is 2. The average molecular weight is 472 g/mol. The molecule has 1 heterocycles. The fourth-order valence-electron chi connectivity index (χ4n) is 4.33. The molecule has 172 valence electrons. The molecule has 0 radical (unpaired) electrons. The first kappa shape index (κ1) is 22.9. The van der Waals surface area contributed by atoms with E-state index in [2.05, 4.69) is 5.32 Å². The Hall–Kier alpha value is -3.26. The van der Waals surface area contributed by atoms with E-state index in [1.54, 1.807) is 18.2 Å². The highest BCUT2D eigenvalue weighted by atomic mass is 32.2. The number of carbonyl (C=O) groups is 1. The minimum Gasteiger partial charge on any atom is -0.478 e. The number of aromatic carboxylic acids is 1. The fraction of sp³-hybridized carbons (Fsp3) is 0.240. The minimum atomic E-state index is -3.95. The molecule has 0 saturated heterocycles. The lowest BCUT2D eigenvalue weighted by molar-refractivity contribution is 0.0696. The zero-order chi connectivity index (χ0) is 24.0. The summed E-state index contributed by atoms with van der Waals surface area (Å²) in [5.74, 6) is -2.93. The standard InChI is InChI=1S/C25H23F2NO4S/c1-25(2)13-17-11-16(24(29)30)7-9-22(17)28-23(25)15-6-8-21(27)18(10-15)14-33(31,32)20-5-3-4-19(26)12-20/h3-12,23,28H,13-14H2,1-2H3,(H,29,30). The van der Waals surface area contributed by atoms with E-state index < -0.39 is 33.2 Å². The molecule has 1 unspecified atom stereocenters. The van der Waals surface area contributed by atoms with Gasteiger partial charge in [-0.25, -0.2) is 22.0 Å². The largest absolute Gasteiger partial charge is 0.478 e. The van der Waals surface area contributed by atoms with Gasteiger partial charge in [-0.3, -0.25) is 0 Å². The predicted octanol–water partition coefficient (Wildman–Crippen LogP) is 5.37. The van der Waals surface area contributed by atoms with Crippen LogP contribution in [-0.4, -0.2) is 19.5 Å². The summed E-state index contributed by atoms with van der Waals surface area (Å²) in [4.78, 5) is 11.1. The molecular formula is C25H23F2NO4S. The third kappa shape index (κ3) is 4.61. The maximum atomic E-state index is 14.6. The van der Waals surface area contributed by atoms with Crippen molar-refractivity contribution in [1.29, 1.82) is 0 Å². The first-order valence-electron chi connectivity index (χ1n) is 10.4. The number of sulfone groups is 1. The topological polar surface area (TPSA) is 83.5 Å². The number of halogens is 2. The van der Waals surface area contributed by atoms with Gasteiger partial charge in [0.25, 0.3) is 0 Å². The molecule has 0 aromatic heterocycles. The number of fused-ring (bicyclic) bond motifs is 1. The molecule has 33 heavy (non-hydrogen) atoms. The zero-order valence-corrected chi connectivity index (χ0v) is 18.9. The van der Waals surface area contributed by atoms with Crippen LogP contribution in [0.25, 0.3) is 0 Å². The van der Waals surface area contributed by atoms with Gasteiger partial charge in [0.1, 0.15) is 11.6 Å². The van der Waals surface area contributed by atoms with Crippen molar-refractivity contribution in [2.24, 2.45) is 5.41 Å². The molecule has 0 spiro atoms. The summed E-state index contributed by atoms with van der Waals surface area (Å²) in [5, 5.41) is 12.7. The van der Waals surface area contributed by atoms with Crippen molar-refractivity contribution in [3.05, 3.63) is 94.6 Å². The van der Waals surface area contributed by atoms with Crippen molar-refractivity contribution in [1.82, 2.24) is 0 Å². The van der Waals surface area contributed by atoms with Gasteiger partial charge in [-0.05, 0) is 71.5 Å². The Labute approximate surface area is 191 Å². The molecule has 3 aromatic carbocycles. The lowest BCUT2D eigenvalue weighted by Gasteiger charge is -2.41. The van der Waals surface area contributed by atoms with E-state index in [1.807, 2.05) is 13.8 Å². The quantitative estimate of drug-likeness (QED) is 0.523. The van der Waals surface area contributed by atoms with Crippen LogP contribution in [-0.2, 0) is 22.0 Å². The first-order chi connectivity index (χ1) is 15.5. The van der Waals surface area contributed by atoms with E-state index in [4.69, 9.17) is 0 Å².